The maximum absolute atomic E-state index is 3.41. The average molecular weight is 198 g/mol. The molecular weight excluding hydrogens is 180 g/mol. The van der Waals surface area contributed by atoms with Crippen LogP contribution in [0.5, 0.6) is 0 Å². The third kappa shape index (κ3) is 2.21. The highest BCUT2D eigenvalue weighted by Gasteiger charge is 2.08. The summed E-state index contributed by atoms with van der Waals surface area (Å²) >= 11 is 1.89. The van der Waals surface area contributed by atoms with Crippen LogP contribution in [-0.2, 0) is 6.42 Å². The van der Waals surface area contributed by atoms with Gasteiger partial charge in [-0.1, -0.05) is 0 Å². The molecule has 0 aliphatic carbocycles. The Bertz CT molecular complexity index is 279. The van der Waals surface area contributed by atoms with E-state index in [9.17, 15) is 0 Å². The van der Waals surface area contributed by atoms with Crippen molar-refractivity contribution in [3.63, 3.8) is 0 Å². The molecule has 13 heavy (non-hydrogen) atoms. The van der Waals surface area contributed by atoms with Gasteiger partial charge in [-0.05, 0) is 43.4 Å². The summed E-state index contributed by atoms with van der Waals surface area (Å²) in [5.41, 5.74) is 4.12. The van der Waals surface area contributed by atoms with Crippen molar-refractivity contribution in [3.8, 4) is 0 Å². The molecule has 0 amide bonds. The second kappa shape index (κ2) is 4.61. The number of aryl methyl sites for hydroxylation is 1. The Balaban J connectivity index is 2.82. The molecule has 0 saturated carbocycles. The smallest absolute Gasteiger partial charge is 0.106 e. The lowest BCUT2D eigenvalue weighted by Crippen LogP contribution is -1.92. The zero-order chi connectivity index (χ0) is 9.84. The Hall–Kier alpha value is -0.570. The molecule has 0 aromatic carbocycles. The summed E-state index contributed by atoms with van der Waals surface area (Å²) in [6.45, 7) is 4.34. The largest absolute Gasteiger partial charge is 0.374 e. The van der Waals surface area contributed by atoms with Crippen molar-refractivity contribution in [2.75, 3.05) is 24.4 Å². The molecule has 74 valence electrons. The van der Waals surface area contributed by atoms with E-state index in [2.05, 4.69) is 30.4 Å². The van der Waals surface area contributed by atoms with E-state index < -0.39 is 0 Å². The van der Waals surface area contributed by atoms with Crippen molar-refractivity contribution >= 4 is 17.6 Å². The minimum absolute atomic E-state index is 1.13. The molecular formula is C10H18N2S. The lowest BCUT2D eigenvalue weighted by atomic mass is 10.1. The number of H-pyrrole nitrogens is 1. The first-order valence-corrected chi connectivity index (χ1v) is 5.94. The second-order valence-corrected chi connectivity index (χ2v) is 4.21. The number of aromatic nitrogens is 1. The molecule has 0 spiro atoms. The summed E-state index contributed by atoms with van der Waals surface area (Å²) in [4.78, 5) is 3.41. The van der Waals surface area contributed by atoms with Crippen LogP contribution in [0.3, 0.4) is 0 Å². The van der Waals surface area contributed by atoms with Gasteiger partial charge in [0.2, 0.25) is 0 Å². The van der Waals surface area contributed by atoms with Crippen LogP contribution in [0.4, 0.5) is 5.82 Å². The molecule has 1 aromatic rings. The number of anilines is 1. The molecule has 0 unspecified atom stereocenters. The van der Waals surface area contributed by atoms with Gasteiger partial charge in [-0.25, -0.2) is 0 Å². The first-order chi connectivity index (χ1) is 6.20. The van der Waals surface area contributed by atoms with E-state index in [0.29, 0.717) is 0 Å². The molecule has 0 aliphatic rings. The van der Waals surface area contributed by atoms with Crippen LogP contribution in [0.15, 0.2) is 0 Å². The Morgan fingerprint density at radius 2 is 2.00 bits per heavy atom. The summed E-state index contributed by atoms with van der Waals surface area (Å²) in [6, 6.07) is 0. The molecule has 0 radical (unpaired) electrons. The van der Waals surface area contributed by atoms with Crippen LogP contribution in [0, 0.1) is 13.8 Å². The fourth-order valence-corrected chi connectivity index (χ4v) is 1.86. The molecule has 2 N–H and O–H groups in total. The predicted octanol–water partition coefficient (Wildman–Crippen LogP) is 2.58. The van der Waals surface area contributed by atoms with E-state index in [1.54, 1.807) is 0 Å². The summed E-state index contributed by atoms with van der Waals surface area (Å²) in [5, 5.41) is 3.17. The van der Waals surface area contributed by atoms with Crippen molar-refractivity contribution in [3.05, 3.63) is 16.8 Å². The van der Waals surface area contributed by atoms with Crippen LogP contribution in [0.2, 0.25) is 0 Å². The minimum atomic E-state index is 1.13. The van der Waals surface area contributed by atoms with Gasteiger partial charge in [0.15, 0.2) is 0 Å². The highest BCUT2D eigenvalue weighted by molar-refractivity contribution is 7.98. The Labute approximate surface area is 84.5 Å². The quantitative estimate of drug-likeness (QED) is 0.778. The molecule has 0 atom stereocenters. The monoisotopic (exact) mass is 198 g/mol. The third-order valence-electron chi connectivity index (χ3n) is 2.47. The number of nitrogens with one attached hydrogen (secondary N) is 2. The molecule has 0 aliphatic heterocycles. The van der Waals surface area contributed by atoms with Crippen LogP contribution in [0.25, 0.3) is 0 Å². The highest BCUT2D eigenvalue weighted by atomic mass is 32.2. The topological polar surface area (TPSA) is 27.8 Å². The lowest BCUT2D eigenvalue weighted by Gasteiger charge is -1.97. The Morgan fingerprint density at radius 1 is 1.31 bits per heavy atom. The molecule has 3 heteroatoms. The normalized spacial score (nSPS) is 10.5. The molecule has 2 nitrogen and oxygen atoms in total. The van der Waals surface area contributed by atoms with Gasteiger partial charge < -0.3 is 10.3 Å². The standard InChI is InChI=1S/C10H18N2S/c1-7-8(2)10(11-3)12-9(7)5-6-13-4/h11-12H,5-6H2,1-4H3. The van der Waals surface area contributed by atoms with E-state index in [1.807, 2.05) is 18.8 Å². The van der Waals surface area contributed by atoms with Gasteiger partial charge in [-0.3, -0.25) is 0 Å². The van der Waals surface area contributed by atoms with Gasteiger partial charge in [-0.15, -0.1) is 0 Å². The van der Waals surface area contributed by atoms with Gasteiger partial charge in [0, 0.05) is 12.7 Å². The summed E-state index contributed by atoms with van der Waals surface area (Å²) < 4.78 is 0. The first kappa shape index (κ1) is 10.5. The summed E-state index contributed by atoms with van der Waals surface area (Å²) in [6.07, 6.45) is 3.28. The number of hydrogen-bond acceptors (Lipinski definition) is 2. The molecule has 0 fully saturated rings. The van der Waals surface area contributed by atoms with E-state index in [0.717, 1.165) is 12.2 Å². The fraction of sp³-hybridized carbons (Fsp3) is 0.600. The summed E-state index contributed by atoms with van der Waals surface area (Å²) in [7, 11) is 1.95. The molecule has 1 rings (SSSR count). The van der Waals surface area contributed by atoms with Crippen molar-refractivity contribution < 1.29 is 0 Å². The molecule has 0 bridgehead atoms. The maximum atomic E-state index is 3.41. The van der Waals surface area contributed by atoms with Crippen molar-refractivity contribution in [1.82, 2.24) is 4.98 Å². The third-order valence-corrected chi connectivity index (χ3v) is 3.08. The van der Waals surface area contributed by atoms with E-state index >= 15 is 0 Å². The van der Waals surface area contributed by atoms with Crippen molar-refractivity contribution in [2.45, 2.75) is 20.3 Å². The molecule has 1 heterocycles. The first-order valence-electron chi connectivity index (χ1n) is 4.55. The van der Waals surface area contributed by atoms with Crippen LogP contribution < -0.4 is 5.32 Å². The Kier molecular flexibility index (Phi) is 3.72. The van der Waals surface area contributed by atoms with Crippen molar-refractivity contribution in [2.24, 2.45) is 0 Å². The second-order valence-electron chi connectivity index (χ2n) is 3.22. The van der Waals surface area contributed by atoms with Gasteiger partial charge in [0.1, 0.15) is 5.82 Å². The number of aromatic amines is 1. The average Bonchev–Trinajstić information content (AvgIpc) is 2.41. The predicted molar refractivity (Wildman–Crippen MR) is 61.9 cm³/mol. The Morgan fingerprint density at radius 3 is 2.46 bits per heavy atom. The van der Waals surface area contributed by atoms with Crippen LogP contribution in [0.1, 0.15) is 16.8 Å². The van der Waals surface area contributed by atoms with Gasteiger partial charge in [0.05, 0.1) is 0 Å². The number of hydrogen-bond donors (Lipinski definition) is 2. The SMILES string of the molecule is CNc1[nH]c(CCSC)c(C)c1C. The van der Waals surface area contributed by atoms with Crippen LogP contribution in [-0.4, -0.2) is 24.0 Å². The van der Waals surface area contributed by atoms with Gasteiger partial charge in [0.25, 0.3) is 0 Å². The fourth-order valence-electron chi connectivity index (χ4n) is 1.46. The van der Waals surface area contributed by atoms with Crippen LogP contribution >= 0.6 is 11.8 Å². The van der Waals surface area contributed by atoms with Gasteiger partial charge >= 0.3 is 0 Å². The maximum Gasteiger partial charge on any atom is 0.106 e. The number of thioether (sulfide) groups is 1. The van der Waals surface area contributed by atoms with E-state index in [4.69, 9.17) is 0 Å². The van der Waals surface area contributed by atoms with Gasteiger partial charge in [-0.2, -0.15) is 11.8 Å². The zero-order valence-corrected chi connectivity index (χ0v) is 9.64. The highest BCUT2D eigenvalue weighted by Crippen LogP contribution is 2.21. The number of rotatable bonds is 4. The molecule has 1 aromatic heterocycles. The molecule has 0 saturated heterocycles. The van der Waals surface area contributed by atoms with Crippen molar-refractivity contribution in [1.29, 1.82) is 0 Å². The van der Waals surface area contributed by atoms with E-state index in [-0.39, 0.29) is 0 Å². The zero-order valence-electron chi connectivity index (χ0n) is 8.82. The summed E-state index contributed by atoms with van der Waals surface area (Å²) in [5.74, 6) is 2.35. The minimum Gasteiger partial charge on any atom is -0.374 e. The van der Waals surface area contributed by atoms with E-state index in [1.165, 1.54) is 22.6 Å². The lowest BCUT2D eigenvalue weighted by molar-refractivity contribution is 1.06.